The van der Waals surface area contributed by atoms with Crippen LogP contribution in [0.2, 0.25) is 0 Å². The van der Waals surface area contributed by atoms with E-state index >= 15 is 0 Å². The Kier molecular flexibility index (Phi) is 4.86. The number of fused-ring (bicyclic) bond motifs is 1. The quantitative estimate of drug-likeness (QED) is 0.601. The molecule has 3 aromatic heterocycles. The molecule has 5 rings (SSSR count). The van der Waals surface area contributed by atoms with E-state index in [1.807, 2.05) is 31.2 Å². The van der Waals surface area contributed by atoms with Crippen molar-refractivity contribution in [1.29, 1.82) is 0 Å². The van der Waals surface area contributed by atoms with Crippen molar-refractivity contribution < 1.29 is 13.2 Å². The van der Waals surface area contributed by atoms with Gasteiger partial charge in [-0.3, -0.25) is 9.78 Å². The van der Waals surface area contributed by atoms with E-state index in [-0.39, 0.29) is 22.8 Å². The lowest BCUT2D eigenvalue weighted by Crippen LogP contribution is -2.41. The maximum atomic E-state index is 13.0. The predicted molar refractivity (Wildman–Crippen MR) is 116 cm³/mol. The number of aryl methyl sites for hydroxylation is 2. The van der Waals surface area contributed by atoms with Crippen molar-refractivity contribution >= 4 is 15.9 Å². The third-order valence-electron chi connectivity index (χ3n) is 6.59. The van der Waals surface area contributed by atoms with Gasteiger partial charge in [-0.1, -0.05) is 12.1 Å². The van der Waals surface area contributed by atoms with Crippen molar-refractivity contribution in [1.82, 2.24) is 29.1 Å². The number of piperidine rings is 1. The fourth-order valence-electron chi connectivity index (χ4n) is 4.91. The normalized spacial score (nSPS) is 24.8. The summed E-state index contributed by atoms with van der Waals surface area (Å²) in [4.78, 5) is 25.6. The Hall–Kier alpha value is -3.11. The van der Waals surface area contributed by atoms with E-state index in [0.717, 1.165) is 11.4 Å². The summed E-state index contributed by atoms with van der Waals surface area (Å²) in [5.41, 5.74) is 1.63. The minimum Gasteiger partial charge on any atom is -0.350 e. The third-order valence-corrected chi connectivity index (χ3v) is 8.31. The number of carbonyl (C=O) groups is 1. The molecule has 0 aromatic carbocycles. The van der Waals surface area contributed by atoms with Crippen LogP contribution in [0.4, 0.5) is 0 Å². The molecule has 2 atom stereocenters. The average molecular weight is 453 g/mol. The smallest absolute Gasteiger partial charge is 0.269 e. The molecule has 1 N–H and O–H groups in total. The first kappa shape index (κ1) is 20.8. The van der Waals surface area contributed by atoms with Gasteiger partial charge in [0.25, 0.3) is 15.9 Å². The Bertz CT molecular complexity index is 1260. The largest absolute Gasteiger partial charge is 0.350 e. The maximum absolute atomic E-state index is 13.0. The lowest BCUT2D eigenvalue weighted by Gasteiger charge is -2.26. The Morgan fingerprint density at radius 2 is 1.94 bits per heavy atom. The van der Waals surface area contributed by atoms with Crippen LogP contribution in [0.15, 0.2) is 60.1 Å². The van der Waals surface area contributed by atoms with Crippen LogP contribution in [0.1, 0.15) is 21.9 Å². The average Bonchev–Trinajstić information content (AvgIpc) is 3.13. The number of carbonyl (C=O) groups excluding carboxylic acids is 1. The van der Waals surface area contributed by atoms with Gasteiger partial charge in [0.1, 0.15) is 5.69 Å². The van der Waals surface area contributed by atoms with E-state index in [1.165, 1.54) is 16.8 Å². The van der Waals surface area contributed by atoms with E-state index in [9.17, 15) is 13.2 Å². The van der Waals surface area contributed by atoms with Crippen LogP contribution in [-0.2, 0) is 22.5 Å². The highest BCUT2D eigenvalue weighted by molar-refractivity contribution is 7.89. The highest BCUT2D eigenvalue weighted by Crippen LogP contribution is 2.63. The topological polar surface area (TPSA) is 110 Å². The van der Waals surface area contributed by atoms with Crippen molar-refractivity contribution in [2.24, 2.45) is 18.9 Å². The van der Waals surface area contributed by atoms with E-state index in [1.54, 1.807) is 29.9 Å². The van der Waals surface area contributed by atoms with E-state index in [4.69, 9.17) is 0 Å². The zero-order valence-corrected chi connectivity index (χ0v) is 18.7. The summed E-state index contributed by atoms with van der Waals surface area (Å²) in [5, 5.41) is 3.08. The molecule has 10 heteroatoms. The van der Waals surface area contributed by atoms with Crippen LogP contribution >= 0.6 is 0 Å². The Balaban J connectivity index is 1.36. The molecular formula is C22H24N6O3S. The molecule has 0 radical (unpaired) electrons. The molecule has 2 fully saturated rings. The van der Waals surface area contributed by atoms with Gasteiger partial charge in [0.15, 0.2) is 5.03 Å². The van der Waals surface area contributed by atoms with Gasteiger partial charge in [-0.2, -0.15) is 4.31 Å². The summed E-state index contributed by atoms with van der Waals surface area (Å²) in [7, 11) is -1.91. The number of sulfonamides is 1. The molecule has 166 valence electrons. The zero-order chi connectivity index (χ0) is 22.5. The molecular weight excluding hydrogens is 428 g/mol. The molecule has 1 aliphatic heterocycles. The molecule has 1 aliphatic carbocycles. The third kappa shape index (κ3) is 3.30. The zero-order valence-electron chi connectivity index (χ0n) is 17.8. The molecule has 1 amide bonds. The number of amides is 1. The summed E-state index contributed by atoms with van der Waals surface area (Å²) in [6.45, 7) is 2.97. The number of hydrogen-bond donors (Lipinski definition) is 1. The molecule has 0 bridgehead atoms. The maximum Gasteiger partial charge on any atom is 0.269 e. The molecule has 1 saturated heterocycles. The van der Waals surface area contributed by atoms with Gasteiger partial charge in [-0.15, -0.1) is 0 Å². The van der Waals surface area contributed by atoms with Crippen LogP contribution in [0.3, 0.4) is 0 Å². The molecule has 4 heterocycles. The molecule has 2 aliphatic rings. The summed E-state index contributed by atoms with van der Waals surface area (Å²) < 4.78 is 29.1. The Morgan fingerprint density at radius 1 is 1.16 bits per heavy atom. The number of imidazole rings is 1. The first-order valence-corrected chi connectivity index (χ1v) is 11.9. The minimum atomic E-state index is -3.65. The SMILES string of the molecule is Cc1cccc(C(=O)NCC2(c3ccccn3)C3CN(S(=O)(=O)c4cn(C)cn4)CC32)n1. The summed E-state index contributed by atoms with van der Waals surface area (Å²) in [5.74, 6) is -0.102. The van der Waals surface area contributed by atoms with Gasteiger partial charge in [0, 0.05) is 55.9 Å². The Morgan fingerprint density at radius 3 is 2.56 bits per heavy atom. The van der Waals surface area contributed by atoms with Gasteiger partial charge in [0.2, 0.25) is 0 Å². The van der Waals surface area contributed by atoms with Crippen LogP contribution < -0.4 is 5.32 Å². The lowest BCUT2D eigenvalue weighted by atomic mass is 9.94. The first-order chi connectivity index (χ1) is 15.3. The van der Waals surface area contributed by atoms with Crippen molar-refractivity contribution in [3.05, 3.63) is 72.2 Å². The van der Waals surface area contributed by atoms with Crippen LogP contribution in [0.25, 0.3) is 0 Å². The van der Waals surface area contributed by atoms with Crippen LogP contribution in [0, 0.1) is 18.8 Å². The van der Waals surface area contributed by atoms with Crippen LogP contribution in [0.5, 0.6) is 0 Å². The Labute approximate surface area is 186 Å². The van der Waals surface area contributed by atoms with Crippen molar-refractivity contribution in [2.75, 3.05) is 19.6 Å². The van der Waals surface area contributed by atoms with E-state index < -0.39 is 15.4 Å². The highest BCUT2D eigenvalue weighted by atomic mass is 32.2. The fourth-order valence-corrected chi connectivity index (χ4v) is 6.36. The monoisotopic (exact) mass is 452 g/mol. The predicted octanol–water partition coefficient (Wildman–Crippen LogP) is 1.14. The van der Waals surface area contributed by atoms with E-state index in [2.05, 4.69) is 20.3 Å². The molecule has 1 saturated carbocycles. The summed E-state index contributed by atoms with van der Waals surface area (Å²) >= 11 is 0. The second-order valence-corrected chi connectivity index (χ2v) is 10.4. The number of pyridine rings is 2. The molecule has 3 aromatic rings. The first-order valence-electron chi connectivity index (χ1n) is 10.4. The molecule has 9 nitrogen and oxygen atoms in total. The standard InChI is InChI=1S/C22H24N6O3S/c1-15-6-5-7-18(26-15)21(29)24-13-22(19-8-3-4-9-23-19)16-10-28(11-17(16)22)32(30,31)20-12-27(2)14-25-20/h3-9,12,14,16-17H,10-11,13H2,1-2H3,(H,24,29). The number of nitrogens with zero attached hydrogens (tertiary/aromatic N) is 5. The highest BCUT2D eigenvalue weighted by Gasteiger charge is 2.70. The number of nitrogens with one attached hydrogen (secondary N) is 1. The molecule has 32 heavy (non-hydrogen) atoms. The van der Waals surface area contributed by atoms with Gasteiger partial charge in [-0.05, 0) is 43.0 Å². The number of aromatic nitrogens is 4. The van der Waals surface area contributed by atoms with Crippen molar-refractivity contribution in [3.63, 3.8) is 0 Å². The summed E-state index contributed by atoms with van der Waals surface area (Å²) in [6.07, 6.45) is 4.73. The number of hydrogen-bond acceptors (Lipinski definition) is 6. The second-order valence-electron chi connectivity index (χ2n) is 8.51. The van der Waals surface area contributed by atoms with E-state index in [0.29, 0.717) is 25.3 Å². The van der Waals surface area contributed by atoms with Gasteiger partial charge < -0.3 is 9.88 Å². The number of rotatable bonds is 6. The van der Waals surface area contributed by atoms with Crippen molar-refractivity contribution in [2.45, 2.75) is 17.4 Å². The molecule has 2 unspecified atom stereocenters. The van der Waals surface area contributed by atoms with Gasteiger partial charge in [0.05, 0.1) is 6.33 Å². The summed E-state index contributed by atoms with van der Waals surface area (Å²) in [6, 6.07) is 11.1. The minimum absolute atomic E-state index is 0.0589. The lowest BCUT2D eigenvalue weighted by molar-refractivity contribution is 0.0941. The van der Waals surface area contributed by atoms with Gasteiger partial charge in [-0.25, -0.2) is 18.4 Å². The molecule has 0 spiro atoms. The van der Waals surface area contributed by atoms with Crippen LogP contribution in [-0.4, -0.2) is 57.8 Å². The van der Waals surface area contributed by atoms with Gasteiger partial charge >= 0.3 is 0 Å². The fraction of sp³-hybridized carbons (Fsp3) is 0.364. The second kappa shape index (κ2) is 7.49. The van der Waals surface area contributed by atoms with Crippen molar-refractivity contribution in [3.8, 4) is 0 Å².